The van der Waals surface area contributed by atoms with Crippen LogP contribution in [0.5, 0.6) is 0 Å². The molecule has 2 rings (SSSR count). The van der Waals surface area contributed by atoms with Crippen LogP contribution in [0.4, 0.5) is 0 Å². The molecule has 1 heterocycles. The predicted octanol–water partition coefficient (Wildman–Crippen LogP) is 3.12. The third-order valence-electron chi connectivity index (χ3n) is 2.79. The van der Waals surface area contributed by atoms with Gasteiger partial charge in [0.25, 0.3) is 5.91 Å². The molecule has 4 nitrogen and oxygen atoms in total. The van der Waals surface area contributed by atoms with Crippen molar-refractivity contribution < 1.29 is 14.3 Å². The van der Waals surface area contributed by atoms with Crippen molar-refractivity contribution in [1.29, 1.82) is 0 Å². The van der Waals surface area contributed by atoms with Gasteiger partial charge in [0.05, 0.1) is 23.5 Å². The van der Waals surface area contributed by atoms with Gasteiger partial charge in [0.2, 0.25) is 0 Å². The first-order valence-electron chi connectivity index (χ1n) is 5.94. The average Bonchev–Trinajstić information content (AvgIpc) is 2.99. The van der Waals surface area contributed by atoms with Gasteiger partial charge < -0.3 is 14.8 Å². The molecule has 1 aromatic heterocycles. The molecule has 6 heteroatoms. The molecule has 2 N–H and O–H groups in total. The smallest absolute Gasteiger partial charge is 0.253 e. The molecule has 106 valence electrons. The number of nitrogens with one attached hydrogen (secondary N) is 1. The number of aliphatic hydroxyl groups is 1. The van der Waals surface area contributed by atoms with Crippen molar-refractivity contribution in [2.45, 2.75) is 10.9 Å². The lowest BCUT2D eigenvalue weighted by atomic mass is 10.1. The highest BCUT2D eigenvalue weighted by atomic mass is 35.5. The van der Waals surface area contributed by atoms with Crippen molar-refractivity contribution in [3.63, 3.8) is 0 Å². The number of halogens is 1. The first-order valence-corrected chi connectivity index (χ1v) is 7.54. The summed E-state index contributed by atoms with van der Waals surface area (Å²) in [7, 11) is 0. The van der Waals surface area contributed by atoms with Gasteiger partial charge in [-0.3, -0.25) is 4.79 Å². The number of hydrogen-bond acceptors (Lipinski definition) is 4. The SMILES string of the molecule is CSc1ccc(Cl)c(C(=O)NC(CO)c2ccco2)c1. The maximum absolute atomic E-state index is 12.2. The zero-order chi connectivity index (χ0) is 14.5. The van der Waals surface area contributed by atoms with E-state index in [2.05, 4.69) is 5.32 Å². The molecule has 0 fully saturated rings. The highest BCUT2D eigenvalue weighted by Gasteiger charge is 2.19. The third-order valence-corrected chi connectivity index (χ3v) is 3.85. The van der Waals surface area contributed by atoms with E-state index in [0.717, 1.165) is 4.90 Å². The fraction of sp³-hybridized carbons (Fsp3) is 0.214. The fourth-order valence-corrected chi connectivity index (χ4v) is 2.38. The Morgan fingerprint density at radius 1 is 1.50 bits per heavy atom. The van der Waals surface area contributed by atoms with E-state index in [1.165, 1.54) is 18.0 Å². The molecule has 20 heavy (non-hydrogen) atoms. The van der Waals surface area contributed by atoms with E-state index in [9.17, 15) is 9.90 Å². The summed E-state index contributed by atoms with van der Waals surface area (Å²) < 4.78 is 5.19. The molecule has 1 amide bonds. The Bertz CT molecular complexity index is 586. The molecule has 0 bridgehead atoms. The van der Waals surface area contributed by atoms with Gasteiger partial charge in [-0.1, -0.05) is 11.6 Å². The first-order chi connectivity index (χ1) is 9.65. The second-order valence-corrected chi connectivity index (χ2v) is 5.36. The van der Waals surface area contributed by atoms with E-state index in [0.29, 0.717) is 16.3 Å². The summed E-state index contributed by atoms with van der Waals surface area (Å²) in [5, 5.41) is 12.4. The lowest BCUT2D eigenvalue weighted by molar-refractivity contribution is 0.0907. The monoisotopic (exact) mass is 311 g/mol. The molecule has 2 aromatic rings. The van der Waals surface area contributed by atoms with Crippen molar-refractivity contribution in [2.75, 3.05) is 12.9 Å². The standard InChI is InChI=1S/C14H14ClNO3S/c1-20-9-4-5-11(15)10(7-9)14(18)16-12(8-17)13-3-2-6-19-13/h2-7,12,17H,8H2,1H3,(H,16,18). The van der Waals surface area contributed by atoms with Gasteiger partial charge in [-0.05, 0) is 36.6 Å². The van der Waals surface area contributed by atoms with Crippen LogP contribution in [-0.2, 0) is 0 Å². The number of amides is 1. The summed E-state index contributed by atoms with van der Waals surface area (Å²) >= 11 is 7.57. The van der Waals surface area contributed by atoms with Crippen molar-refractivity contribution in [2.24, 2.45) is 0 Å². The highest BCUT2D eigenvalue weighted by Crippen LogP contribution is 2.24. The Morgan fingerprint density at radius 3 is 2.90 bits per heavy atom. The number of carbonyl (C=O) groups excluding carboxylic acids is 1. The lowest BCUT2D eigenvalue weighted by Gasteiger charge is -2.15. The van der Waals surface area contributed by atoms with Crippen LogP contribution in [0.2, 0.25) is 5.02 Å². The topological polar surface area (TPSA) is 62.5 Å². The Labute approximate surface area is 126 Å². The molecule has 1 atom stereocenters. The number of carbonyl (C=O) groups is 1. The summed E-state index contributed by atoms with van der Waals surface area (Å²) in [6.07, 6.45) is 3.41. The average molecular weight is 312 g/mol. The highest BCUT2D eigenvalue weighted by molar-refractivity contribution is 7.98. The van der Waals surface area contributed by atoms with Gasteiger partial charge >= 0.3 is 0 Å². The van der Waals surface area contributed by atoms with Crippen LogP contribution >= 0.6 is 23.4 Å². The largest absolute Gasteiger partial charge is 0.467 e. The summed E-state index contributed by atoms with van der Waals surface area (Å²) in [5.41, 5.74) is 0.378. The number of hydrogen-bond donors (Lipinski definition) is 2. The quantitative estimate of drug-likeness (QED) is 0.833. The van der Waals surface area contributed by atoms with Crippen molar-refractivity contribution in [3.05, 3.63) is 52.9 Å². The maximum atomic E-state index is 12.2. The number of rotatable bonds is 5. The van der Waals surface area contributed by atoms with E-state index >= 15 is 0 Å². The molecule has 0 radical (unpaired) electrons. The van der Waals surface area contributed by atoms with Crippen LogP contribution in [0.15, 0.2) is 45.9 Å². The van der Waals surface area contributed by atoms with Crippen molar-refractivity contribution >= 4 is 29.3 Å². The van der Waals surface area contributed by atoms with E-state index < -0.39 is 6.04 Å². The van der Waals surface area contributed by atoms with Crippen LogP contribution < -0.4 is 5.32 Å². The van der Waals surface area contributed by atoms with Gasteiger partial charge in [0, 0.05) is 4.90 Å². The third kappa shape index (κ3) is 3.36. The molecular formula is C14H14ClNO3S. The predicted molar refractivity (Wildman–Crippen MR) is 79.2 cm³/mol. The first kappa shape index (κ1) is 15.0. The van der Waals surface area contributed by atoms with Gasteiger partial charge in [-0.15, -0.1) is 11.8 Å². The normalized spacial score (nSPS) is 12.2. The molecule has 0 aliphatic rings. The van der Waals surface area contributed by atoms with Crippen LogP contribution in [0.3, 0.4) is 0 Å². The molecule has 0 aliphatic carbocycles. The van der Waals surface area contributed by atoms with Crippen molar-refractivity contribution in [1.82, 2.24) is 5.32 Å². The van der Waals surface area contributed by atoms with Crippen LogP contribution in [0.25, 0.3) is 0 Å². The minimum Gasteiger partial charge on any atom is -0.467 e. The summed E-state index contributed by atoms with van der Waals surface area (Å²) in [6, 6.07) is 8.06. The van der Waals surface area contributed by atoms with Gasteiger partial charge in [-0.2, -0.15) is 0 Å². The van der Waals surface area contributed by atoms with Crippen LogP contribution in [0.1, 0.15) is 22.2 Å². The summed E-state index contributed by atoms with van der Waals surface area (Å²) in [4.78, 5) is 13.2. The van der Waals surface area contributed by atoms with E-state index in [1.807, 2.05) is 12.3 Å². The van der Waals surface area contributed by atoms with Gasteiger partial charge in [-0.25, -0.2) is 0 Å². The molecule has 0 saturated carbocycles. The molecule has 0 aliphatic heterocycles. The second-order valence-electron chi connectivity index (χ2n) is 4.07. The van der Waals surface area contributed by atoms with Gasteiger partial charge in [0.15, 0.2) is 0 Å². The minimum atomic E-state index is -0.591. The van der Waals surface area contributed by atoms with E-state index in [4.69, 9.17) is 16.0 Å². The number of benzene rings is 1. The minimum absolute atomic E-state index is 0.251. The molecule has 0 spiro atoms. The Kier molecular flexibility index (Phi) is 5.11. The van der Waals surface area contributed by atoms with Gasteiger partial charge in [0.1, 0.15) is 11.8 Å². The molecule has 0 saturated heterocycles. The van der Waals surface area contributed by atoms with Crippen LogP contribution in [0, 0.1) is 0 Å². The summed E-state index contributed by atoms with van der Waals surface area (Å²) in [5.74, 6) is 0.152. The van der Waals surface area contributed by atoms with Crippen molar-refractivity contribution in [3.8, 4) is 0 Å². The lowest BCUT2D eigenvalue weighted by Crippen LogP contribution is -2.30. The fourth-order valence-electron chi connectivity index (χ4n) is 1.74. The van der Waals surface area contributed by atoms with E-state index in [-0.39, 0.29) is 12.5 Å². The number of aliphatic hydroxyl groups excluding tert-OH is 1. The summed E-state index contributed by atoms with van der Waals surface area (Å²) in [6.45, 7) is -0.251. The maximum Gasteiger partial charge on any atom is 0.253 e. The molecule has 1 unspecified atom stereocenters. The second kappa shape index (κ2) is 6.83. The van der Waals surface area contributed by atoms with E-state index in [1.54, 1.807) is 24.3 Å². The Morgan fingerprint density at radius 2 is 2.30 bits per heavy atom. The number of furan rings is 1. The molecule has 1 aromatic carbocycles. The Balaban J connectivity index is 2.19. The zero-order valence-corrected chi connectivity index (χ0v) is 12.4. The zero-order valence-electron chi connectivity index (χ0n) is 10.8. The number of thioether (sulfide) groups is 1. The van der Waals surface area contributed by atoms with Crippen LogP contribution in [-0.4, -0.2) is 23.9 Å². The Hall–Kier alpha value is -1.43. The molecular weight excluding hydrogens is 298 g/mol.